The van der Waals surface area contributed by atoms with Gasteiger partial charge in [-0.1, -0.05) is 0 Å². The summed E-state index contributed by atoms with van der Waals surface area (Å²) in [4.78, 5) is 13.4. The van der Waals surface area contributed by atoms with E-state index < -0.39 is 11.7 Å². The molecule has 0 bridgehead atoms. The van der Waals surface area contributed by atoms with Gasteiger partial charge in [0.1, 0.15) is 11.1 Å². The molecule has 1 amide bonds. The maximum atomic E-state index is 11.4. The lowest BCUT2D eigenvalue weighted by molar-refractivity contribution is 0.0499. The molecule has 0 aromatic heterocycles. The average Bonchev–Trinajstić information content (AvgIpc) is 2.13. The van der Waals surface area contributed by atoms with E-state index in [1.54, 1.807) is 0 Å². The van der Waals surface area contributed by atoms with Crippen LogP contribution in [-0.4, -0.2) is 42.3 Å². The van der Waals surface area contributed by atoms with Gasteiger partial charge in [-0.05, 0) is 47.1 Å². The van der Waals surface area contributed by atoms with E-state index in [1.807, 2.05) is 32.7 Å². The Morgan fingerprint density at radius 1 is 1.50 bits per heavy atom. The van der Waals surface area contributed by atoms with Gasteiger partial charge in [0.05, 0.1) is 6.07 Å². The molecule has 0 spiro atoms. The van der Waals surface area contributed by atoms with Crippen molar-refractivity contribution in [3.63, 3.8) is 0 Å². The zero-order valence-electron chi connectivity index (χ0n) is 11.7. The molecule has 0 saturated heterocycles. The fourth-order valence-electron chi connectivity index (χ4n) is 1.94. The number of ether oxygens (including phenoxy) is 1. The van der Waals surface area contributed by atoms with E-state index in [9.17, 15) is 4.79 Å². The second-order valence-electron chi connectivity index (χ2n) is 5.85. The number of rotatable bonds is 4. The number of carbonyl (C=O) groups is 1. The Morgan fingerprint density at radius 2 is 2.11 bits per heavy atom. The summed E-state index contributed by atoms with van der Waals surface area (Å²) in [5.41, 5.74) is -0.784. The summed E-state index contributed by atoms with van der Waals surface area (Å²) < 4.78 is 5.14. The van der Waals surface area contributed by atoms with Gasteiger partial charge in [-0.3, -0.25) is 4.90 Å². The number of amides is 1. The van der Waals surface area contributed by atoms with Crippen LogP contribution in [-0.2, 0) is 4.74 Å². The summed E-state index contributed by atoms with van der Waals surface area (Å²) in [7, 11) is 1.93. The van der Waals surface area contributed by atoms with Crippen LogP contribution in [0.15, 0.2) is 0 Å². The second-order valence-corrected chi connectivity index (χ2v) is 5.85. The van der Waals surface area contributed by atoms with Crippen molar-refractivity contribution in [2.45, 2.75) is 51.2 Å². The molecule has 18 heavy (non-hydrogen) atoms. The van der Waals surface area contributed by atoms with Crippen LogP contribution in [0.25, 0.3) is 0 Å². The Balaban J connectivity index is 2.26. The number of likely N-dealkylation sites (N-methyl/N-ethyl adjacent to an activating group) is 1. The van der Waals surface area contributed by atoms with Gasteiger partial charge in [0.2, 0.25) is 0 Å². The van der Waals surface area contributed by atoms with E-state index >= 15 is 0 Å². The number of nitriles is 1. The molecular weight excluding hydrogens is 230 g/mol. The van der Waals surface area contributed by atoms with Gasteiger partial charge in [-0.15, -0.1) is 0 Å². The second kappa shape index (κ2) is 5.57. The minimum absolute atomic E-state index is 0.310. The molecule has 0 aromatic carbocycles. The lowest BCUT2D eigenvalue weighted by atomic mass is 9.77. The predicted molar refractivity (Wildman–Crippen MR) is 69.1 cm³/mol. The highest BCUT2D eigenvalue weighted by atomic mass is 16.6. The lowest BCUT2D eigenvalue weighted by Crippen LogP contribution is -2.52. The number of alkyl carbamates (subject to hydrolysis) is 1. The van der Waals surface area contributed by atoms with E-state index in [4.69, 9.17) is 10.00 Å². The minimum atomic E-state index is -0.474. The topological polar surface area (TPSA) is 65.4 Å². The number of hydrogen-bond donors (Lipinski definition) is 1. The molecule has 1 fully saturated rings. The number of hydrogen-bond acceptors (Lipinski definition) is 4. The van der Waals surface area contributed by atoms with Gasteiger partial charge in [-0.25, -0.2) is 4.79 Å². The van der Waals surface area contributed by atoms with E-state index in [-0.39, 0.29) is 5.54 Å². The molecule has 1 rings (SSSR count). The fraction of sp³-hybridized carbons (Fsp3) is 0.846. The van der Waals surface area contributed by atoms with Crippen molar-refractivity contribution in [1.82, 2.24) is 10.2 Å². The highest BCUT2D eigenvalue weighted by Gasteiger charge is 2.40. The first-order valence-corrected chi connectivity index (χ1v) is 6.38. The monoisotopic (exact) mass is 253 g/mol. The summed E-state index contributed by atoms with van der Waals surface area (Å²) in [6, 6.07) is 2.37. The summed E-state index contributed by atoms with van der Waals surface area (Å²) in [6.45, 7) is 6.65. The van der Waals surface area contributed by atoms with E-state index in [0.717, 1.165) is 19.3 Å². The molecule has 1 saturated carbocycles. The zero-order valence-corrected chi connectivity index (χ0v) is 11.7. The molecule has 5 heteroatoms. The third-order valence-corrected chi connectivity index (χ3v) is 3.23. The van der Waals surface area contributed by atoms with E-state index in [1.165, 1.54) is 0 Å². The Bertz CT molecular complexity index is 337. The van der Waals surface area contributed by atoms with Crippen molar-refractivity contribution in [3.05, 3.63) is 0 Å². The number of nitrogens with one attached hydrogen (secondary N) is 1. The van der Waals surface area contributed by atoms with Crippen LogP contribution >= 0.6 is 0 Å². The summed E-state index contributed by atoms with van der Waals surface area (Å²) in [5.74, 6) is 0. The molecule has 0 atom stereocenters. The van der Waals surface area contributed by atoms with Crippen molar-refractivity contribution in [2.75, 3.05) is 20.1 Å². The normalized spacial score (nSPS) is 17.8. The van der Waals surface area contributed by atoms with Gasteiger partial charge < -0.3 is 10.1 Å². The summed E-state index contributed by atoms with van der Waals surface area (Å²) in [6.07, 6.45) is 2.55. The molecule has 5 nitrogen and oxygen atoms in total. The van der Waals surface area contributed by atoms with Gasteiger partial charge in [0.25, 0.3) is 0 Å². The van der Waals surface area contributed by atoms with Crippen molar-refractivity contribution < 1.29 is 9.53 Å². The van der Waals surface area contributed by atoms with Crippen molar-refractivity contribution in [2.24, 2.45) is 0 Å². The number of carbonyl (C=O) groups excluding carboxylic acids is 1. The van der Waals surface area contributed by atoms with Crippen LogP contribution in [0, 0.1) is 11.3 Å². The molecular formula is C13H23N3O2. The summed E-state index contributed by atoms with van der Waals surface area (Å²) >= 11 is 0. The van der Waals surface area contributed by atoms with Gasteiger partial charge in [0, 0.05) is 13.1 Å². The predicted octanol–water partition coefficient (Wildman–Crippen LogP) is 1.89. The van der Waals surface area contributed by atoms with Gasteiger partial charge in [0.15, 0.2) is 0 Å². The first-order chi connectivity index (χ1) is 8.29. The van der Waals surface area contributed by atoms with Gasteiger partial charge >= 0.3 is 6.09 Å². The lowest BCUT2D eigenvalue weighted by Gasteiger charge is -2.43. The average molecular weight is 253 g/mol. The van der Waals surface area contributed by atoms with E-state index in [0.29, 0.717) is 13.1 Å². The van der Waals surface area contributed by atoms with Crippen LogP contribution in [0.1, 0.15) is 40.0 Å². The molecule has 0 unspecified atom stereocenters. The Kier molecular flexibility index (Phi) is 4.58. The molecule has 102 valence electrons. The number of nitrogens with zero attached hydrogens (tertiary/aromatic N) is 2. The maximum Gasteiger partial charge on any atom is 0.407 e. The third-order valence-electron chi connectivity index (χ3n) is 3.23. The fourth-order valence-corrected chi connectivity index (χ4v) is 1.94. The van der Waals surface area contributed by atoms with Crippen molar-refractivity contribution in [1.29, 1.82) is 5.26 Å². The summed E-state index contributed by atoms with van der Waals surface area (Å²) in [5, 5.41) is 11.9. The molecule has 1 aliphatic carbocycles. The molecule has 0 heterocycles. The third kappa shape index (κ3) is 3.88. The van der Waals surface area contributed by atoms with Crippen LogP contribution in [0.4, 0.5) is 4.79 Å². The standard InChI is InChI=1S/C13H23N3O2/c1-12(2,3)18-11(17)15-8-9-16(4)13(10-14)6-5-7-13/h5-9H2,1-4H3,(H,15,17). The van der Waals surface area contributed by atoms with Crippen molar-refractivity contribution >= 4 is 6.09 Å². The zero-order chi connectivity index (χ0) is 13.8. The Hall–Kier alpha value is -1.28. The van der Waals surface area contributed by atoms with Crippen molar-refractivity contribution in [3.8, 4) is 6.07 Å². The highest BCUT2D eigenvalue weighted by Crippen LogP contribution is 2.35. The van der Waals surface area contributed by atoms with Gasteiger partial charge in [-0.2, -0.15) is 5.26 Å². The Labute approximate surface area is 109 Å². The van der Waals surface area contributed by atoms with E-state index in [2.05, 4.69) is 11.4 Å². The molecule has 0 aromatic rings. The highest BCUT2D eigenvalue weighted by molar-refractivity contribution is 5.67. The van der Waals surface area contributed by atoms with Crippen LogP contribution in [0.5, 0.6) is 0 Å². The molecule has 1 N–H and O–H groups in total. The largest absolute Gasteiger partial charge is 0.444 e. The quantitative estimate of drug-likeness (QED) is 0.831. The van der Waals surface area contributed by atoms with Crippen LogP contribution < -0.4 is 5.32 Å². The van der Waals surface area contributed by atoms with Crippen LogP contribution in [0.3, 0.4) is 0 Å². The van der Waals surface area contributed by atoms with Crippen LogP contribution in [0.2, 0.25) is 0 Å². The first kappa shape index (κ1) is 14.8. The molecule has 1 aliphatic rings. The maximum absolute atomic E-state index is 11.4. The molecule has 0 radical (unpaired) electrons. The Morgan fingerprint density at radius 3 is 2.50 bits per heavy atom. The molecule has 0 aliphatic heterocycles. The minimum Gasteiger partial charge on any atom is -0.444 e. The first-order valence-electron chi connectivity index (χ1n) is 6.38. The SMILES string of the molecule is CN(CCNC(=O)OC(C)(C)C)C1(C#N)CCC1. The smallest absolute Gasteiger partial charge is 0.407 e.